The SMILES string of the molecule is Cc1cc(Oc2ncc(CN)cn2)ccc1Cl. The molecule has 0 fully saturated rings. The van der Waals surface area contributed by atoms with Gasteiger partial charge in [0.2, 0.25) is 0 Å². The second-order valence-corrected chi connectivity index (χ2v) is 4.00. The average molecular weight is 250 g/mol. The number of halogens is 1. The normalized spacial score (nSPS) is 10.3. The molecule has 0 saturated carbocycles. The standard InChI is InChI=1S/C12H12ClN3O/c1-8-4-10(2-3-11(8)13)17-12-15-6-9(5-14)7-16-12/h2-4,6-7H,5,14H2,1H3. The van der Waals surface area contributed by atoms with E-state index in [0.717, 1.165) is 11.1 Å². The Morgan fingerprint density at radius 3 is 2.59 bits per heavy atom. The van der Waals surface area contributed by atoms with E-state index in [0.29, 0.717) is 23.3 Å². The summed E-state index contributed by atoms with van der Waals surface area (Å²) in [6.07, 6.45) is 3.29. The second-order valence-electron chi connectivity index (χ2n) is 3.59. The summed E-state index contributed by atoms with van der Waals surface area (Å²) in [5, 5.41) is 0.705. The van der Waals surface area contributed by atoms with Crippen molar-refractivity contribution in [2.75, 3.05) is 0 Å². The summed E-state index contributed by atoms with van der Waals surface area (Å²) < 4.78 is 5.49. The van der Waals surface area contributed by atoms with Crippen molar-refractivity contribution in [2.24, 2.45) is 5.73 Å². The minimum absolute atomic E-state index is 0.295. The molecule has 0 bridgehead atoms. The third-order valence-corrected chi connectivity index (χ3v) is 2.68. The highest BCUT2D eigenvalue weighted by atomic mass is 35.5. The van der Waals surface area contributed by atoms with Crippen molar-refractivity contribution in [1.82, 2.24) is 9.97 Å². The highest BCUT2D eigenvalue weighted by molar-refractivity contribution is 6.31. The van der Waals surface area contributed by atoms with Gasteiger partial charge in [0.25, 0.3) is 0 Å². The Morgan fingerprint density at radius 1 is 1.29 bits per heavy atom. The predicted octanol–water partition coefficient (Wildman–Crippen LogP) is 2.69. The van der Waals surface area contributed by atoms with Gasteiger partial charge in [-0.1, -0.05) is 11.6 Å². The Labute approximate surface area is 104 Å². The minimum Gasteiger partial charge on any atom is -0.424 e. The summed E-state index contributed by atoms with van der Waals surface area (Å²) in [6.45, 7) is 2.33. The maximum Gasteiger partial charge on any atom is 0.321 e. The summed E-state index contributed by atoms with van der Waals surface area (Å²) in [6, 6.07) is 5.68. The Balaban J connectivity index is 2.16. The van der Waals surface area contributed by atoms with Crippen molar-refractivity contribution in [2.45, 2.75) is 13.5 Å². The molecular formula is C12H12ClN3O. The molecule has 1 heterocycles. The van der Waals surface area contributed by atoms with E-state index < -0.39 is 0 Å². The quantitative estimate of drug-likeness (QED) is 0.909. The number of hydrogen-bond acceptors (Lipinski definition) is 4. The predicted molar refractivity (Wildman–Crippen MR) is 66.2 cm³/mol. The molecule has 2 aromatic rings. The molecule has 0 radical (unpaired) electrons. The summed E-state index contributed by atoms with van der Waals surface area (Å²) in [7, 11) is 0. The number of ether oxygens (including phenoxy) is 1. The van der Waals surface area contributed by atoms with Gasteiger partial charge in [0, 0.05) is 29.5 Å². The zero-order valence-electron chi connectivity index (χ0n) is 9.35. The summed E-state index contributed by atoms with van der Waals surface area (Å²) in [5.74, 6) is 0.660. The maximum atomic E-state index is 5.92. The van der Waals surface area contributed by atoms with Crippen LogP contribution in [0.5, 0.6) is 11.8 Å². The number of aromatic nitrogens is 2. The van der Waals surface area contributed by atoms with Crippen molar-refractivity contribution in [1.29, 1.82) is 0 Å². The molecule has 88 valence electrons. The Kier molecular flexibility index (Phi) is 3.56. The molecular weight excluding hydrogens is 238 g/mol. The third kappa shape index (κ3) is 2.93. The van der Waals surface area contributed by atoms with Gasteiger partial charge < -0.3 is 10.5 Å². The van der Waals surface area contributed by atoms with Gasteiger partial charge in [-0.2, -0.15) is 0 Å². The topological polar surface area (TPSA) is 61.0 Å². The fourth-order valence-electron chi connectivity index (χ4n) is 1.29. The van der Waals surface area contributed by atoms with Crippen LogP contribution < -0.4 is 10.5 Å². The fraction of sp³-hybridized carbons (Fsp3) is 0.167. The zero-order valence-corrected chi connectivity index (χ0v) is 10.1. The third-order valence-electron chi connectivity index (χ3n) is 2.26. The molecule has 0 unspecified atom stereocenters. The van der Waals surface area contributed by atoms with Gasteiger partial charge in [-0.3, -0.25) is 0 Å². The van der Waals surface area contributed by atoms with Gasteiger partial charge in [-0.15, -0.1) is 0 Å². The molecule has 0 amide bonds. The Morgan fingerprint density at radius 2 is 2.00 bits per heavy atom. The van der Waals surface area contributed by atoms with E-state index >= 15 is 0 Å². The first kappa shape index (κ1) is 11.8. The molecule has 4 nitrogen and oxygen atoms in total. The van der Waals surface area contributed by atoms with Crippen LogP contribution in [-0.4, -0.2) is 9.97 Å². The van der Waals surface area contributed by atoms with Gasteiger partial charge in [-0.05, 0) is 30.7 Å². The molecule has 17 heavy (non-hydrogen) atoms. The Hall–Kier alpha value is -1.65. The molecule has 1 aromatic carbocycles. The van der Waals surface area contributed by atoms with Gasteiger partial charge >= 0.3 is 6.01 Å². The van der Waals surface area contributed by atoms with Crippen LogP contribution >= 0.6 is 11.6 Å². The molecule has 0 atom stereocenters. The second kappa shape index (κ2) is 5.12. The molecule has 2 rings (SSSR count). The van der Waals surface area contributed by atoms with E-state index in [1.165, 1.54) is 0 Å². The van der Waals surface area contributed by atoms with Gasteiger partial charge in [-0.25, -0.2) is 9.97 Å². The maximum absolute atomic E-state index is 5.92. The lowest BCUT2D eigenvalue weighted by molar-refractivity contribution is 0.440. The summed E-state index contributed by atoms with van der Waals surface area (Å²) in [5.41, 5.74) is 7.27. The number of benzene rings is 1. The van der Waals surface area contributed by atoms with Crippen LogP contribution in [0.4, 0.5) is 0 Å². The Bertz CT molecular complexity index is 514. The van der Waals surface area contributed by atoms with Crippen molar-refractivity contribution in [3.05, 3.63) is 46.7 Å². The lowest BCUT2D eigenvalue weighted by Crippen LogP contribution is -1.99. The van der Waals surface area contributed by atoms with Gasteiger partial charge in [0.15, 0.2) is 0 Å². The summed E-state index contributed by atoms with van der Waals surface area (Å²) >= 11 is 5.92. The van der Waals surface area contributed by atoms with Crippen LogP contribution in [0.15, 0.2) is 30.6 Å². The van der Waals surface area contributed by atoms with E-state index in [-0.39, 0.29) is 0 Å². The number of nitrogens with zero attached hydrogens (tertiary/aromatic N) is 2. The first-order chi connectivity index (χ1) is 8.19. The van der Waals surface area contributed by atoms with Gasteiger partial charge in [0.05, 0.1) is 0 Å². The van der Waals surface area contributed by atoms with Crippen LogP contribution in [0.25, 0.3) is 0 Å². The van der Waals surface area contributed by atoms with Crippen LogP contribution in [0, 0.1) is 6.92 Å². The number of nitrogens with two attached hydrogens (primary N) is 1. The van der Waals surface area contributed by atoms with Crippen LogP contribution in [0.3, 0.4) is 0 Å². The smallest absolute Gasteiger partial charge is 0.321 e. The lowest BCUT2D eigenvalue weighted by Gasteiger charge is -2.05. The number of rotatable bonds is 3. The van der Waals surface area contributed by atoms with E-state index in [1.807, 2.05) is 13.0 Å². The largest absolute Gasteiger partial charge is 0.424 e. The van der Waals surface area contributed by atoms with Crippen molar-refractivity contribution >= 4 is 11.6 Å². The minimum atomic E-state index is 0.295. The summed E-state index contributed by atoms with van der Waals surface area (Å²) in [4.78, 5) is 8.10. The van der Waals surface area contributed by atoms with E-state index in [9.17, 15) is 0 Å². The molecule has 0 aliphatic rings. The highest BCUT2D eigenvalue weighted by Crippen LogP contribution is 2.23. The molecule has 5 heteroatoms. The van der Waals surface area contributed by atoms with Crippen LogP contribution in [-0.2, 0) is 6.54 Å². The molecule has 0 aliphatic heterocycles. The van der Waals surface area contributed by atoms with E-state index in [4.69, 9.17) is 22.1 Å². The van der Waals surface area contributed by atoms with Gasteiger partial charge in [0.1, 0.15) is 5.75 Å². The van der Waals surface area contributed by atoms with Crippen molar-refractivity contribution in [3.63, 3.8) is 0 Å². The van der Waals surface area contributed by atoms with E-state index in [2.05, 4.69) is 9.97 Å². The fourth-order valence-corrected chi connectivity index (χ4v) is 1.40. The molecule has 0 saturated heterocycles. The zero-order chi connectivity index (χ0) is 12.3. The molecule has 0 spiro atoms. The van der Waals surface area contributed by atoms with Crippen LogP contribution in [0.1, 0.15) is 11.1 Å². The molecule has 2 N–H and O–H groups in total. The van der Waals surface area contributed by atoms with Crippen molar-refractivity contribution < 1.29 is 4.74 Å². The first-order valence-corrected chi connectivity index (χ1v) is 5.52. The monoisotopic (exact) mass is 249 g/mol. The first-order valence-electron chi connectivity index (χ1n) is 5.14. The highest BCUT2D eigenvalue weighted by Gasteiger charge is 2.02. The number of aryl methyl sites for hydroxylation is 1. The lowest BCUT2D eigenvalue weighted by atomic mass is 10.2. The molecule has 1 aromatic heterocycles. The van der Waals surface area contributed by atoms with Crippen LogP contribution in [0.2, 0.25) is 5.02 Å². The van der Waals surface area contributed by atoms with E-state index in [1.54, 1.807) is 24.5 Å². The average Bonchev–Trinajstić information content (AvgIpc) is 2.35. The molecule has 0 aliphatic carbocycles. The van der Waals surface area contributed by atoms with Crippen molar-refractivity contribution in [3.8, 4) is 11.8 Å². The number of hydrogen-bond donors (Lipinski definition) is 1.